The lowest BCUT2D eigenvalue weighted by Crippen LogP contribution is -1.86. The highest BCUT2D eigenvalue weighted by molar-refractivity contribution is 7.60. The summed E-state index contributed by atoms with van der Waals surface area (Å²) in [7, 11) is -6.69. The minimum atomic E-state index is -3.74. The van der Waals surface area contributed by atoms with Crippen molar-refractivity contribution in [1.82, 2.24) is 0 Å². The molecule has 0 aromatic rings. The zero-order chi connectivity index (χ0) is 7.78. The second-order valence-electron chi connectivity index (χ2n) is 2.11. The summed E-state index contributed by atoms with van der Waals surface area (Å²) >= 11 is 0. The van der Waals surface area contributed by atoms with Crippen molar-refractivity contribution in [3.63, 3.8) is 0 Å². The van der Waals surface area contributed by atoms with Crippen LogP contribution in [-0.4, -0.2) is 15.4 Å². The van der Waals surface area contributed by atoms with E-state index in [0.717, 1.165) is 0 Å². The van der Waals surface area contributed by atoms with Gasteiger partial charge < -0.3 is 4.89 Å². The van der Waals surface area contributed by atoms with Crippen molar-refractivity contribution in [1.29, 1.82) is 0 Å². The van der Waals surface area contributed by atoms with E-state index >= 15 is 0 Å². The molecule has 0 aliphatic heterocycles. The third-order valence-corrected chi connectivity index (χ3v) is 4.13. The molecule has 0 amide bonds. The highest BCUT2D eigenvalue weighted by atomic mass is 31.2. The molecule has 0 aromatic heterocycles. The second kappa shape index (κ2) is 2.68. The number of rotatable bonds is 3. The second-order valence-corrected chi connectivity index (χ2v) is 5.10. The standard InChI is InChI=1S/C3H6O5P2/c4-9(5)8-10(6,7)3-1-2-3/h3H,1-2H2,(H-,4,5,6,7)/p+1. The molecule has 58 valence electrons. The Balaban J connectivity index is 2.50. The van der Waals surface area contributed by atoms with Gasteiger partial charge in [-0.15, -0.1) is 4.89 Å². The van der Waals surface area contributed by atoms with Crippen molar-refractivity contribution in [2.75, 3.05) is 0 Å². The van der Waals surface area contributed by atoms with E-state index in [2.05, 4.69) is 4.31 Å². The zero-order valence-electron chi connectivity index (χ0n) is 5.01. The van der Waals surface area contributed by atoms with Gasteiger partial charge in [0, 0.05) is 4.57 Å². The van der Waals surface area contributed by atoms with Gasteiger partial charge in [-0.2, -0.15) is 0 Å². The largest absolute Gasteiger partial charge is 0.703 e. The number of hydrogen-bond acceptors (Lipinski definition) is 3. The highest BCUT2D eigenvalue weighted by Crippen LogP contribution is 2.62. The van der Waals surface area contributed by atoms with Crippen LogP contribution in [0.3, 0.4) is 0 Å². The molecule has 0 bridgehead atoms. The quantitative estimate of drug-likeness (QED) is 0.640. The Morgan fingerprint density at radius 2 is 2.10 bits per heavy atom. The van der Waals surface area contributed by atoms with Crippen LogP contribution in [-0.2, 0) is 13.4 Å². The molecule has 1 fully saturated rings. The van der Waals surface area contributed by atoms with Crippen LogP contribution in [0.2, 0.25) is 0 Å². The van der Waals surface area contributed by atoms with Gasteiger partial charge in [-0.25, -0.2) is 0 Å². The minimum Gasteiger partial charge on any atom is -0.322 e. The molecule has 0 heterocycles. The molecule has 2 unspecified atom stereocenters. The lowest BCUT2D eigenvalue weighted by Gasteiger charge is -1.97. The molecule has 0 spiro atoms. The molecule has 7 heteroatoms. The topological polar surface area (TPSA) is 83.8 Å². The van der Waals surface area contributed by atoms with E-state index in [-0.39, 0.29) is 0 Å². The van der Waals surface area contributed by atoms with Crippen molar-refractivity contribution in [2.24, 2.45) is 0 Å². The molecule has 2 N–H and O–H groups in total. The van der Waals surface area contributed by atoms with Crippen LogP contribution >= 0.6 is 15.9 Å². The normalized spacial score (nSPS) is 25.6. The van der Waals surface area contributed by atoms with Crippen LogP contribution in [0.1, 0.15) is 12.8 Å². The molecular weight excluding hydrogens is 178 g/mol. The van der Waals surface area contributed by atoms with Crippen LogP contribution in [0.4, 0.5) is 0 Å². The molecular formula is C3H7O5P2+. The summed E-state index contributed by atoms with van der Waals surface area (Å²) < 4.78 is 24.7. The van der Waals surface area contributed by atoms with E-state index in [1.54, 1.807) is 0 Å². The Hall–Kier alpha value is 0.210. The average molecular weight is 185 g/mol. The lowest BCUT2D eigenvalue weighted by molar-refractivity contribution is 0.349. The molecule has 0 radical (unpaired) electrons. The fourth-order valence-electron chi connectivity index (χ4n) is 0.568. The van der Waals surface area contributed by atoms with E-state index in [1.807, 2.05) is 0 Å². The summed E-state index contributed by atoms with van der Waals surface area (Å²) in [6, 6.07) is 0. The molecule has 1 saturated carbocycles. The van der Waals surface area contributed by atoms with Gasteiger partial charge in [0.05, 0.1) is 5.66 Å². The molecule has 10 heavy (non-hydrogen) atoms. The summed E-state index contributed by atoms with van der Waals surface area (Å²) in [5.41, 5.74) is -0.404. The van der Waals surface area contributed by atoms with Crippen molar-refractivity contribution >= 4 is 15.9 Å². The molecule has 1 aliphatic carbocycles. The van der Waals surface area contributed by atoms with Crippen molar-refractivity contribution in [3.8, 4) is 0 Å². The monoisotopic (exact) mass is 185 g/mol. The molecule has 1 aliphatic rings. The highest BCUT2D eigenvalue weighted by Gasteiger charge is 2.47. The molecule has 1 rings (SSSR count). The molecule has 0 saturated heterocycles. The Bertz CT molecular complexity index is 197. The summed E-state index contributed by atoms with van der Waals surface area (Å²) in [4.78, 5) is 16.9. The van der Waals surface area contributed by atoms with Crippen LogP contribution in [0.5, 0.6) is 0 Å². The van der Waals surface area contributed by atoms with E-state index < -0.39 is 21.5 Å². The van der Waals surface area contributed by atoms with Crippen LogP contribution in [0.25, 0.3) is 0 Å². The van der Waals surface area contributed by atoms with Gasteiger partial charge in [0.25, 0.3) is 0 Å². The lowest BCUT2D eigenvalue weighted by atomic mass is 11.0. The van der Waals surface area contributed by atoms with Crippen molar-refractivity contribution < 1.29 is 23.2 Å². The van der Waals surface area contributed by atoms with Gasteiger partial charge in [0.15, 0.2) is 0 Å². The van der Waals surface area contributed by atoms with Gasteiger partial charge in [0.2, 0.25) is 0 Å². The Morgan fingerprint density at radius 1 is 1.60 bits per heavy atom. The molecule has 0 aromatic carbocycles. The van der Waals surface area contributed by atoms with E-state index in [0.29, 0.717) is 12.8 Å². The smallest absolute Gasteiger partial charge is 0.322 e. The molecule has 2 atom stereocenters. The number of hydrogen-bond donors (Lipinski definition) is 2. The maximum Gasteiger partial charge on any atom is 0.703 e. The SMILES string of the molecule is O=[P+](O)OP(=O)(O)C1CC1. The summed E-state index contributed by atoms with van der Waals surface area (Å²) in [6.07, 6.45) is 1.22. The Morgan fingerprint density at radius 3 is 2.40 bits per heavy atom. The first-order valence-electron chi connectivity index (χ1n) is 2.70. The van der Waals surface area contributed by atoms with Crippen LogP contribution < -0.4 is 0 Å². The van der Waals surface area contributed by atoms with E-state index in [4.69, 9.17) is 9.79 Å². The third kappa shape index (κ3) is 2.11. The third-order valence-electron chi connectivity index (χ3n) is 1.20. The fourth-order valence-corrected chi connectivity index (χ4v) is 2.70. The Labute approximate surface area is 58.5 Å². The predicted molar refractivity (Wildman–Crippen MR) is 33.8 cm³/mol. The first-order chi connectivity index (χ1) is 4.52. The van der Waals surface area contributed by atoms with Gasteiger partial charge >= 0.3 is 15.9 Å². The maximum atomic E-state index is 10.8. The van der Waals surface area contributed by atoms with Crippen LogP contribution in [0.15, 0.2) is 0 Å². The average Bonchev–Trinajstić information content (AvgIpc) is 2.35. The summed E-state index contributed by atoms with van der Waals surface area (Å²) in [6.45, 7) is 0. The maximum absolute atomic E-state index is 10.8. The minimum absolute atomic E-state index is 0.404. The summed E-state index contributed by atoms with van der Waals surface area (Å²) in [5.74, 6) is 0. The first kappa shape index (κ1) is 8.31. The van der Waals surface area contributed by atoms with Crippen molar-refractivity contribution in [2.45, 2.75) is 18.5 Å². The van der Waals surface area contributed by atoms with Crippen molar-refractivity contribution in [3.05, 3.63) is 0 Å². The summed E-state index contributed by atoms with van der Waals surface area (Å²) in [5, 5.41) is 0. The molecule has 5 nitrogen and oxygen atoms in total. The first-order valence-corrected chi connectivity index (χ1v) is 5.48. The van der Waals surface area contributed by atoms with Gasteiger partial charge in [0.1, 0.15) is 0 Å². The Kier molecular flexibility index (Phi) is 2.23. The van der Waals surface area contributed by atoms with Crippen LogP contribution in [0, 0.1) is 0 Å². The van der Waals surface area contributed by atoms with Gasteiger partial charge in [-0.3, -0.25) is 4.57 Å². The van der Waals surface area contributed by atoms with E-state index in [9.17, 15) is 9.13 Å². The van der Waals surface area contributed by atoms with E-state index in [1.165, 1.54) is 0 Å². The zero-order valence-corrected chi connectivity index (χ0v) is 6.79. The van der Waals surface area contributed by atoms with Gasteiger partial charge in [-0.05, 0) is 17.2 Å². The van der Waals surface area contributed by atoms with Gasteiger partial charge in [-0.1, -0.05) is 0 Å². The predicted octanol–water partition coefficient (Wildman–Crippen LogP) is 1.00. The fraction of sp³-hybridized carbons (Fsp3) is 1.00.